The van der Waals surface area contributed by atoms with Crippen LogP contribution < -0.4 is 5.32 Å². The van der Waals surface area contributed by atoms with Gasteiger partial charge >= 0.3 is 0 Å². The van der Waals surface area contributed by atoms with Gasteiger partial charge < -0.3 is 0 Å². The minimum atomic E-state index is -0.531. The number of nitrogens with one attached hydrogen (secondary N) is 1. The molecule has 2 aromatic rings. The summed E-state index contributed by atoms with van der Waals surface area (Å²) in [6.07, 6.45) is 1.72. The Morgan fingerprint density at radius 3 is 2.80 bits per heavy atom. The maximum Gasteiger partial charge on any atom is 0.270 e. The predicted octanol–water partition coefficient (Wildman–Crippen LogP) is 3.43. The molecule has 1 amide bonds. The predicted molar refractivity (Wildman–Crippen MR) is 77.3 cm³/mol. The summed E-state index contributed by atoms with van der Waals surface area (Å²) >= 11 is 1.40. The largest absolute Gasteiger partial charge is 0.298 e. The van der Waals surface area contributed by atoms with E-state index in [1.165, 1.54) is 35.6 Å². The van der Waals surface area contributed by atoms with Crippen molar-refractivity contribution in [1.29, 1.82) is 0 Å². The summed E-state index contributed by atoms with van der Waals surface area (Å²) in [5.41, 5.74) is 0.125. The number of anilines is 1. The number of benzene rings is 1. The second-order valence-corrected chi connectivity index (χ2v) is 5.55. The van der Waals surface area contributed by atoms with Crippen molar-refractivity contribution >= 4 is 28.1 Å². The average molecular weight is 291 g/mol. The van der Waals surface area contributed by atoms with Gasteiger partial charge in [0.2, 0.25) is 0 Å². The molecule has 0 unspecified atom stereocenters. The molecule has 6 nitrogen and oxygen atoms in total. The summed E-state index contributed by atoms with van der Waals surface area (Å²) in [4.78, 5) is 27.3. The zero-order valence-corrected chi connectivity index (χ0v) is 11.8. The number of hydrogen-bond donors (Lipinski definition) is 1. The van der Waals surface area contributed by atoms with Crippen molar-refractivity contribution in [3.8, 4) is 0 Å². The van der Waals surface area contributed by atoms with E-state index in [0.717, 1.165) is 4.88 Å². The van der Waals surface area contributed by atoms with E-state index in [2.05, 4.69) is 10.3 Å². The number of amides is 1. The molecule has 0 fully saturated rings. The monoisotopic (exact) mass is 291 g/mol. The highest BCUT2D eigenvalue weighted by Crippen LogP contribution is 2.25. The van der Waals surface area contributed by atoms with Gasteiger partial charge in [0, 0.05) is 28.8 Å². The molecule has 0 spiro atoms. The minimum absolute atomic E-state index is 0.111. The first-order valence-corrected chi connectivity index (χ1v) is 6.80. The Bertz CT molecular complexity index is 652. The Hall–Kier alpha value is -2.28. The average Bonchev–Trinajstić information content (AvgIpc) is 2.87. The van der Waals surface area contributed by atoms with E-state index in [-0.39, 0.29) is 11.3 Å². The van der Waals surface area contributed by atoms with E-state index in [9.17, 15) is 14.9 Å². The number of carbonyl (C=O) groups excluding carboxylic acids is 1. The van der Waals surface area contributed by atoms with Crippen LogP contribution in [0.4, 0.5) is 10.8 Å². The minimum Gasteiger partial charge on any atom is -0.298 e. The molecular weight excluding hydrogens is 278 g/mol. The third kappa shape index (κ3) is 3.18. The standard InChI is InChI=1S/C13H13N3O3S/c1-8(2)11-7-14-13(20-11)15-12(17)9-4-3-5-10(6-9)16(18)19/h3-8H,1-2H3,(H,14,15,17). The number of non-ortho nitro benzene ring substituents is 1. The van der Waals surface area contributed by atoms with Gasteiger partial charge in [0.05, 0.1) is 4.92 Å². The number of nitro groups is 1. The number of nitrogens with zero attached hydrogens (tertiary/aromatic N) is 2. The molecule has 0 aliphatic rings. The van der Waals surface area contributed by atoms with E-state index in [0.29, 0.717) is 11.0 Å². The summed E-state index contributed by atoms with van der Waals surface area (Å²) in [5, 5.41) is 13.8. The molecule has 1 aromatic carbocycles. The molecule has 7 heteroatoms. The molecular formula is C13H13N3O3S. The van der Waals surface area contributed by atoms with Crippen molar-refractivity contribution in [3.05, 3.63) is 51.0 Å². The topological polar surface area (TPSA) is 85.1 Å². The smallest absolute Gasteiger partial charge is 0.270 e. The maximum absolute atomic E-state index is 12.0. The third-order valence-corrected chi connectivity index (χ3v) is 3.85. The zero-order chi connectivity index (χ0) is 14.7. The SMILES string of the molecule is CC(C)c1cnc(NC(=O)c2cccc([N+](=O)[O-])c2)s1. The Balaban J connectivity index is 2.15. The summed E-state index contributed by atoms with van der Waals surface area (Å²) < 4.78 is 0. The van der Waals surface area contributed by atoms with Gasteiger partial charge in [-0.1, -0.05) is 19.9 Å². The third-order valence-electron chi connectivity index (χ3n) is 2.63. The van der Waals surface area contributed by atoms with Crippen LogP contribution in [0.15, 0.2) is 30.5 Å². The Morgan fingerprint density at radius 2 is 2.20 bits per heavy atom. The molecule has 1 aromatic heterocycles. The van der Waals surface area contributed by atoms with Crippen molar-refractivity contribution in [2.75, 3.05) is 5.32 Å². The lowest BCUT2D eigenvalue weighted by Gasteiger charge is -2.01. The van der Waals surface area contributed by atoms with Crippen molar-refractivity contribution in [2.24, 2.45) is 0 Å². The van der Waals surface area contributed by atoms with Crippen LogP contribution in [-0.2, 0) is 0 Å². The van der Waals surface area contributed by atoms with Crippen LogP contribution in [0, 0.1) is 10.1 Å². The Kier molecular flexibility index (Phi) is 4.09. The molecule has 0 aliphatic carbocycles. The highest BCUT2D eigenvalue weighted by atomic mass is 32.1. The first-order valence-electron chi connectivity index (χ1n) is 5.99. The maximum atomic E-state index is 12.0. The molecule has 0 aliphatic heterocycles. The van der Waals surface area contributed by atoms with E-state index >= 15 is 0 Å². The van der Waals surface area contributed by atoms with Gasteiger partial charge in [0.1, 0.15) is 0 Å². The van der Waals surface area contributed by atoms with Crippen molar-refractivity contribution in [1.82, 2.24) is 4.98 Å². The summed E-state index contributed by atoms with van der Waals surface area (Å²) in [6, 6.07) is 5.59. The first-order chi connectivity index (χ1) is 9.47. The first kappa shape index (κ1) is 14.1. The van der Waals surface area contributed by atoms with Gasteiger partial charge in [-0.15, -0.1) is 11.3 Å². The molecule has 2 rings (SSSR count). The van der Waals surface area contributed by atoms with Gasteiger partial charge in [0.15, 0.2) is 5.13 Å². The summed E-state index contributed by atoms with van der Waals surface area (Å²) in [5.74, 6) is -0.0608. The number of carbonyl (C=O) groups is 1. The van der Waals surface area contributed by atoms with Crippen LogP contribution in [0.1, 0.15) is 35.0 Å². The van der Waals surface area contributed by atoms with Crippen LogP contribution >= 0.6 is 11.3 Å². The highest BCUT2D eigenvalue weighted by Gasteiger charge is 2.13. The number of thiazole rings is 1. The van der Waals surface area contributed by atoms with Crippen molar-refractivity contribution < 1.29 is 9.72 Å². The van der Waals surface area contributed by atoms with Crippen molar-refractivity contribution in [3.63, 3.8) is 0 Å². The lowest BCUT2D eigenvalue weighted by Crippen LogP contribution is -2.11. The number of aromatic nitrogens is 1. The van der Waals surface area contributed by atoms with Gasteiger partial charge in [-0.05, 0) is 12.0 Å². The van der Waals surface area contributed by atoms with Crippen LogP contribution in [0.3, 0.4) is 0 Å². The van der Waals surface area contributed by atoms with Crippen LogP contribution in [0.25, 0.3) is 0 Å². The Labute approximate surface area is 119 Å². The van der Waals surface area contributed by atoms with E-state index < -0.39 is 10.8 Å². The number of hydrogen-bond acceptors (Lipinski definition) is 5. The van der Waals surface area contributed by atoms with Crippen LogP contribution in [0.2, 0.25) is 0 Å². The van der Waals surface area contributed by atoms with Gasteiger partial charge in [-0.2, -0.15) is 0 Å². The number of rotatable bonds is 4. The summed E-state index contributed by atoms with van der Waals surface area (Å²) in [7, 11) is 0. The van der Waals surface area contributed by atoms with Gasteiger partial charge in [0.25, 0.3) is 11.6 Å². The lowest BCUT2D eigenvalue weighted by atomic mass is 10.2. The molecule has 1 N–H and O–H groups in total. The normalized spacial score (nSPS) is 10.6. The molecule has 0 saturated carbocycles. The van der Waals surface area contributed by atoms with E-state index in [1.807, 2.05) is 13.8 Å². The van der Waals surface area contributed by atoms with Crippen LogP contribution in [0.5, 0.6) is 0 Å². The molecule has 104 valence electrons. The molecule has 20 heavy (non-hydrogen) atoms. The molecule has 0 radical (unpaired) electrons. The van der Waals surface area contributed by atoms with E-state index in [4.69, 9.17) is 0 Å². The van der Waals surface area contributed by atoms with Crippen LogP contribution in [-0.4, -0.2) is 15.8 Å². The fourth-order valence-corrected chi connectivity index (χ4v) is 2.35. The highest BCUT2D eigenvalue weighted by molar-refractivity contribution is 7.15. The fraction of sp³-hybridized carbons (Fsp3) is 0.231. The quantitative estimate of drug-likeness (QED) is 0.690. The fourth-order valence-electron chi connectivity index (χ4n) is 1.54. The molecule has 0 bridgehead atoms. The molecule has 0 saturated heterocycles. The van der Waals surface area contributed by atoms with Gasteiger partial charge in [-0.3, -0.25) is 20.2 Å². The molecule has 1 heterocycles. The molecule has 0 atom stereocenters. The second-order valence-electron chi connectivity index (χ2n) is 4.48. The van der Waals surface area contributed by atoms with Gasteiger partial charge in [-0.25, -0.2) is 4.98 Å². The summed E-state index contributed by atoms with van der Waals surface area (Å²) in [6.45, 7) is 4.08. The lowest BCUT2D eigenvalue weighted by molar-refractivity contribution is -0.384. The Morgan fingerprint density at radius 1 is 1.45 bits per heavy atom. The zero-order valence-electron chi connectivity index (χ0n) is 11.0. The van der Waals surface area contributed by atoms with E-state index in [1.54, 1.807) is 6.20 Å². The van der Waals surface area contributed by atoms with Crippen molar-refractivity contribution in [2.45, 2.75) is 19.8 Å². The number of nitro benzene ring substituents is 1. The second kappa shape index (κ2) is 5.79.